The van der Waals surface area contributed by atoms with Crippen LogP contribution in [0.1, 0.15) is 44.9 Å². The van der Waals surface area contributed by atoms with Gasteiger partial charge in [-0.3, -0.25) is 9.36 Å². The van der Waals surface area contributed by atoms with Crippen molar-refractivity contribution in [1.29, 1.82) is 0 Å². The fourth-order valence-electron chi connectivity index (χ4n) is 3.42. The molecule has 1 aromatic carbocycles. The van der Waals surface area contributed by atoms with E-state index in [-0.39, 0.29) is 16.9 Å². The molecule has 4 heteroatoms. The van der Waals surface area contributed by atoms with E-state index in [0.717, 1.165) is 12.1 Å². The number of aromatic nitrogens is 2. The normalized spacial score (nSPS) is 18.0. The molecule has 0 spiro atoms. The molecule has 0 N–H and O–H groups in total. The number of nitrogens with zero attached hydrogens (tertiary/aromatic N) is 2. The van der Waals surface area contributed by atoms with Crippen molar-refractivity contribution >= 4 is 22.5 Å². The molecule has 112 valence electrons. The van der Waals surface area contributed by atoms with Crippen molar-refractivity contribution in [2.45, 2.75) is 51.5 Å². The highest BCUT2D eigenvalue weighted by Crippen LogP contribution is 2.37. The Bertz CT molecular complexity index is 701. The smallest absolute Gasteiger partial charge is 0.261 e. The first-order valence-corrected chi connectivity index (χ1v) is 8.21. The molecule has 21 heavy (non-hydrogen) atoms. The third-order valence-electron chi connectivity index (χ3n) is 4.66. The molecule has 0 saturated heterocycles. The molecular formula is C17H21ClN2O. The molecule has 0 unspecified atom stereocenters. The Morgan fingerprint density at radius 1 is 1.24 bits per heavy atom. The summed E-state index contributed by atoms with van der Waals surface area (Å²) in [5.41, 5.74) is 0.971. The Morgan fingerprint density at radius 3 is 2.67 bits per heavy atom. The molecular weight excluding hydrogens is 284 g/mol. The van der Waals surface area contributed by atoms with Gasteiger partial charge in [-0.15, -0.1) is 11.6 Å². The predicted molar refractivity (Wildman–Crippen MR) is 86.8 cm³/mol. The highest BCUT2D eigenvalue weighted by atomic mass is 35.5. The summed E-state index contributed by atoms with van der Waals surface area (Å²) in [6.45, 7) is 3.01. The van der Waals surface area contributed by atoms with Crippen LogP contribution >= 0.6 is 11.6 Å². The summed E-state index contributed by atoms with van der Waals surface area (Å²) in [6.07, 6.45) is 6.16. The fourth-order valence-corrected chi connectivity index (χ4v) is 3.63. The molecule has 1 saturated carbocycles. The Morgan fingerprint density at radius 2 is 1.95 bits per heavy atom. The van der Waals surface area contributed by atoms with E-state index in [4.69, 9.17) is 11.6 Å². The summed E-state index contributed by atoms with van der Waals surface area (Å²) in [7, 11) is 0. The minimum absolute atomic E-state index is 0.0445. The van der Waals surface area contributed by atoms with E-state index in [1.54, 1.807) is 4.57 Å². The van der Waals surface area contributed by atoms with Crippen LogP contribution in [0.5, 0.6) is 0 Å². The number of hydrogen-bond donors (Lipinski definition) is 0. The first kappa shape index (κ1) is 14.6. The van der Waals surface area contributed by atoms with Crippen molar-refractivity contribution in [2.75, 3.05) is 0 Å². The summed E-state index contributed by atoms with van der Waals surface area (Å²) in [5, 5.41) is 0.686. The van der Waals surface area contributed by atoms with Crippen LogP contribution in [-0.4, -0.2) is 9.55 Å². The molecule has 0 radical (unpaired) electrons. The van der Waals surface area contributed by atoms with Crippen LogP contribution in [0.15, 0.2) is 29.1 Å². The van der Waals surface area contributed by atoms with Crippen LogP contribution in [0.4, 0.5) is 0 Å². The third-order valence-corrected chi connectivity index (χ3v) is 4.90. The lowest BCUT2D eigenvalue weighted by atomic mass is 9.75. The Labute approximate surface area is 130 Å². The maximum absolute atomic E-state index is 12.8. The zero-order valence-corrected chi connectivity index (χ0v) is 13.2. The number of para-hydroxylation sites is 1. The van der Waals surface area contributed by atoms with Gasteiger partial charge in [0.2, 0.25) is 0 Å². The SMILES string of the molecule is CC1(Cn2c(CCl)nc3ccccc3c2=O)CCCCC1. The topological polar surface area (TPSA) is 34.9 Å². The lowest BCUT2D eigenvalue weighted by Gasteiger charge is -2.34. The summed E-state index contributed by atoms with van der Waals surface area (Å²) in [6, 6.07) is 7.51. The van der Waals surface area contributed by atoms with E-state index in [2.05, 4.69) is 11.9 Å². The van der Waals surface area contributed by atoms with Crippen molar-refractivity contribution in [3.63, 3.8) is 0 Å². The first-order valence-electron chi connectivity index (χ1n) is 7.67. The molecule has 0 aliphatic heterocycles. The molecule has 3 rings (SSSR count). The molecule has 1 fully saturated rings. The molecule has 1 heterocycles. The van der Waals surface area contributed by atoms with E-state index in [1.807, 2.05) is 24.3 Å². The van der Waals surface area contributed by atoms with E-state index in [9.17, 15) is 4.79 Å². The highest BCUT2D eigenvalue weighted by Gasteiger charge is 2.28. The Balaban J connectivity index is 2.08. The maximum Gasteiger partial charge on any atom is 0.261 e. The minimum atomic E-state index is 0.0445. The summed E-state index contributed by atoms with van der Waals surface area (Å²) < 4.78 is 1.81. The van der Waals surface area contributed by atoms with Crippen LogP contribution < -0.4 is 5.56 Å². The quantitative estimate of drug-likeness (QED) is 0.800. The number of halogens is 1. The van der Waals surface area contributed by atoms with Gasteiger partial charge in [-0.05, 0) is 30.4 Å². The van der Waals surface area contributed by atoms with Gasteiger partial charge in [0.1, 0.15) is 5.82 Å². The van der Waals surface area contributed by atoms with Gasteiger partial charge in [0.05, 0.1) is 16.8 Å². The van der Waals surface area contributed by atoms with Crippen molar-refractivity contribution in [3.05, 3.63) is 40.4 Å². The van der Waals surface area contributed by atoms with Crippen molar-refractivity contribution in [3.8, 4) is 0 Å². The van der Waals surface area contributed by atoms with Crippen molar-refractivity contribution < 1.29 is 0 Å². The number of fused-ring (bicyclic) bond motifs is 1. The van der Waals surface area contributed by atoms with Crippen molar-refractivity contribution in [1.82, 2.24) is 9.55 Å². The number of hydrogen-bond acceptors (Lipinski definition) is 2. The number of benzene rings is 1. The zero-order chi connectivity index (χ0) is 14.9. The molecule has 0 atom stereocenters. The van der Waals surface area contributed by atoms with Crippen LogP contribution in [0.3, 0.4) is 0 Å². The standard InChI is InChI=1S/C17H21ClN2O/c1-17(9-5-2-6-10-17)12-20-15(11-18)19-14-8-4-3-7-13(14)16(20)21/h3-4,7-8H,2,5-6,9-12H2,1H3. The van der Waals surface area contributed by atoms with Crippen molar-refractivity contribution in [2.24, 2.45) is 5.41 Å². The second kappa shape index (κ2) is 5.80. The van der Waals surface area contributed by atoms with Gasteiger partial charge in [0.15, 0.2) is 0 Å². The van der Waals surface area contributed by atoms with Gasteiger partial charge in [0, 0.05) is 6.54 Å². The molecule has 1 aliphatic carbocycles. The molecule has 2 aromatic rings. The summed E-state index contributed by atoms with van der Waals surface area (Å²) in [4.78, 5) is 17.4. The van der Waals surface area contributed by atoms with Gasteiger partial charge < -0.3 is 0 Å². The van der Waals surface area contributed by atoms with E-state index in [0.29, 0.717) is 11.2 Å². The molecule has 1 aromatic heterocycles. The minimum Gasteiger partial charge on any atom is -0.295 e. The van der Waals surface area contributed by atoms with Crippen LogP contribution in [-0.2, 0) is 12.4 Å². The van der Waals surface area contributed by atoms with Gasteiger partial charge in [-0.25, -0.2) is 4.98 Å². The second-order valence-corrected chi connectivity index (χ2v) is 6.71. The van der Waals surface area contributed by atoms with Gasteiger partial charge >= 0.3 is 0 Å². The Kier molecular flexibility index (Phi) is 4.03. The van der Waals surface area contributed by atoms with Gasteiger partial charge in [-0.1, -0.05) is 38.3 Å². The monoisotopic (exact) mass is 304 g/mol. The lowest BCUT2D eigenvalue weighted by Crippen LogP contribution is -2.34. The van der Waals surface area contributed by atoms with Crippen LogP contribution in [0.2, 0.25) is 0 Å². The molecule has 0 amide bonds. The van der Waals surface area contributed by atoms with Crippen LogP contribution in [0.25, 0.3) is 10.9 Å². The molecule has 0 bridgehead atoms. The first-order chi connectivity index (χ1) is 10.1. The van der Waals surface area contributed by atoms with E-state index in [1.165, 1.54) is 32.1 Å². The molecule has 1 aliphatic rings. The third kappa shape index (κ3) is 2.84. The average molecular weight is 305 g/mol. The van der Waals surface area contributed by atoms with E-state index >= 15 is 0 Å². The summed E-state index contributed by atoms with van der Waals surface area (Å²) >= 11 is 6.05. The fraction of sp³-hybridized carbons (Fsp3) is 0.529. The van der Waals surface area contributed by atoms with Gasteiger partial charge in [0.25, 0.3) is 5.56 Å². The number of rotatable bonds is 3. The van der Waals surface area contributed by atoms with Gasteiger partial charge in [-0.2, -0.15) is 0 Å². The highest BCUT2D eigenvalue weighted by molar-refractivity contribution is 6.16. The second-order valence-electron chi connectivity index (χ2n) is 6.44. The predicted octanol–water partition coefficient (Wildman–Crippen LogP) is 4.11. The maximum atomic E-state index is 12.8. The summed E-state index contributed by atoms with van der Waals surface area (Å²) in [5.74, 6) is 0.961. The number of alkyl halides is 1. The zero-order valence-electron chi connectivity index (χ0n) is 12.4. The lowest BCUT2D eigenvalue weighted by molar-refractivity contribution is 0.179. The molecule has 3 nitrogen and oxygen atoms in total. The Hall–Kier alpha value is -1.35. The average Bonchev–Trinajstić information content (AvgIpc) is 2.50. The van der Waals surface area contributed by atoms with E-state index < -0.39 is 0 Å². The van der Waals surface area contributed by atoms with Crippen LogP contribution in [0, 0.1) is 5.41 Å². The largest absolute Gasteiger partial charge is 0.295 e.